The number of aromatic nitrogens is 1. The van der Waals surface area contributed by atoms with E-state index in [1.807, 2.05) is 0 Å². The Bertz CT molecular complexity index is 1480. The van der Waals surface area contributed by atoms with E-state index in [1.165, 1.54) is 25.4 Å². The predicted molar refractivity (Wildman–Crippen MR) is 133 cm³/mol. The number of carboxylic acids is 1. The van der Waals surface area contributed by atoms with Crippen LogP contribution in [0.3, 0.4) is 0 Å². The van der Waals surface area contributed by atoms with Crippen LogP contribution in [0.15, 0.2) is 60.8 Å². The molecular formula is C26H18Cl2F2N2O4. The van der Waals surface area contributed by atoms with E-state index in [0.29, 0.717) is 27.6 Å². The summed E-state index contributed by atoms with van der Waals surface area (Å²) >= 11 is 12.2. The topological polar surface area (TPSA) is 88.5 Å². The zero-order chi connectivity index (χ0) is 26.0. The monoisotopic (exact) mass is 530 g/mol. The molecular weight excluding hydrogens is 513 g/mol. The number of benzene rings is 3. The van der Waals surface area contributed by atoms with Crippen molar-refractivity contribution in [2.24, 2.45) is 0 Å². The molecule has 0 unspecified atom stereocenters. The average molecular weight is 531 g/mol. The number of methoxy groups -OCH3 is 1. The van der Waals surface area contributed by atoms with E-state index < -0.39 is 29.6 Å². The second-order valence-corrected chi connectivity index (χ2v) is 8.62. The smallest absolute Gasteiger partial charge is 0.326 e. The Morgan fingerprint density at radius 2 is 1.72 bits per heavy atom. The van der Waals surface area contributed by atoms with E-state index in [4.69, 9.17) is 27.9 Å². The van der Waals surface area contributed by atoms with Gasteiger partial charge in [0.15, 0.2) is 11.6 Å². The van der Waals surface area contributed by atoms with Gasteiger partial charge in [0.05, 0.1) is 28.2 Å². The summed E-state index contributed by atoms with van der Waals surface area (Å²) in [6.07, 6.45) is 1.40. The van der Waals surface area contributed by atoms with Crippen molar-refractivity contribution in [2.75, 3.05) is 7.11 Å². The molecule has 0 aliphatic rings. The minimum Gasteiger partial charge on any atom is -0.496 e. The van der Waals surface area contributed by atoms with E-state index in [0.717, 1.165) is 12.1 Å². The number of carbonyl (C=O) groups is 2. The van der Waals surface area contributed by atoms with E-state index >= 15 is 0 Å². The molecule has 1 atom stereocenters. The van der Waals surface area contributed by atoms with Crippen LogP contribution >= 0.6 is 23.2 Å². The number of carboxylic acid groups (broad SMARTS) is 1. The van der Waals surface area contributed by atoms with Crippen molar-refractivity contribution < 1.29 is 28.2 Å². The Labute approximate surface area is 214 Å². The fraction of sp³-hybridized carbons (Fsp3) is 0.115. The fourth-order valence-corrected chi connectivity index (χ4v) is 4.47. The average Bonchev–Trinajstić information content (AvgIpc) is 2.85. The van der Waals surface area contributed by atoms with Crippen LogP contribution in [-0.4, -0.2) is 35.1 Å². The zero-order valence-electron chi connectivity index (χ0n) is 18.7. The zero-order valence-corrected chi connectivity index (χ0v) is 20.2. The highest BCUT2D eigenvalue weighted by atomic mass is 35.5. The highest BCUT2D eigenvalue weighted by Gasteiger charge is 2.25. The van der Waals surface area contributed by atoms with Crippen molar-refractivity contribution in [3.8, 4) is 16.9 Å². The van der Waals surface area contributed by atoms with Gasteiger partial charge in [-0.1, -0.05) is 47.5 Å². The first kappa shape index (κ1) is 25.3. The molecule has 0 radical (unpaired) electrons. The Morgan fingerprint density at radius 3 is 2.39 bits per heavy atom. The van der Waals surface area contributed by atoms with Crippen molar-refractivity contribution in [1.29, 1.82) is 0 Å². The number of ether oxygens (including phenoxy) is 1. The third-order valence-corrected chi connectivity index (χ3v) is 6.23. The van der Waals surface area contributed by atoms with Gasteiger partial charge >= 0.3 is 5.97 Å². The van der Waals surface area contributed by atoms with E-state index in [9.17, 15) is 23.5 Å². The number of amides is 1. The van der Waals surface area contributed by atoms with Crippen LogP contribution in [0.2, 0.25) is 10.0 Å². The summed E-state index contributed by atoms with van der Waals surface area (Å²) in [5.74, 6) is -3.98. The maximum atomic E-state index is 14.1. The molecule has 6 nitrogen and oxygen atoms in total. The highest BCUT2D eigenvalue weighted by molar-refractivity contribution is 6.39. The maximum Gasteiger partial charge on any atom is 0.326 e. The van der Waals surface area contributed by atoms with E-state index in [2.05, 4.69) is 10.3 Å². The second-order valence-electron chi connectivity index (χ2n) is 7.80. The van der Waals surface area contributed by atoms with Crippen LogP contribution in [0.5, 0.6) is 5.75 Å². The summed E-state index contributed by atoms with van der Waals surface area (Å²) < 4.78 is 33.1. The standard InChI is InChI=1S/C26H18Cl2F2N2O4/c1-36-22-12-20(30)19(29)11-16(22)14-8-7-13(24-15(14)4-3-9-31-24)10-21(26(34)35)32-25(33)23-17(27)5-2-6-18(23)28/h2-9,11-12,21H,10H2,1H3,(H,32,33)(H,34,35)/t21-/m0/s1. The molecule has 1 heterocycles. The van der Waals surface area contributed by atoms with Gasteiger partial charge in [-0.3, -0.25) is 9.78 Å². The van der Waals surface area contributed by atoms with Gasteiger partial charge in [-0.2, -0.15) is 0 Å². The first-order chi connectivity index (χ1) is 17.2. The third-order valence-electron chi connectivity index (χ3n) is 5.60. The molecule has 184 valence electrons. The Balaban J connectivity index is 1.74. The van der Waals surface area contributed by atoms with Gasteiger partial charge < -0.3 is 15.2 Å². The number of halogens is 4. The second kappa shape index (κ2) is 10.5. The van der Waals surface area contributed by atoms with Crippen molar-refractivity contribution in [3.05, 3.63) is 93.6 Å². The molecule has 36 heavy (non-hydrogen) atoms. The van der Waals surface area contributed by atoms with Crippen molar-refractivity contribution >= 4 is 46.0 Å². The molecule has 10 heteroatoms. The van der Waals surface area contributed by atoms with Crippen LogP contribution in [0.1, 0.15) is 15.9 Å². The van der Waals surface area contributed by atoms with Gasteiger partial charge in [-0.15, -0.1) is 0 Å². The first-order valence-corrected chi connectivity index (χ1v) is 11.3. The number of nitrogens with zero attached hydrogens (tertiary/aromatic N) is 1. The number of hydrogen-bond donors (Lipinski definition) is 2. The Morgan fingerprint density at radius 1 is 1.03 bits per heavy atom. The number of aliphatic carboxylic acids is 1. The lowest BCUT2D eigenvalue weighted by molar-refractivity contribution is -0.139. The van der Waals surface area contributed by atoms with Crippen LogP contribution in [0.25, 0.3) is 22.0 Å². The quantitative estimate of drug-likeness (QED) is 0.309. The summed E-state index contributed by atoms with van der Waals surface area (Å²) in [6.45, 7) is 0. The van der Waals surface area contributed by atoms with Gasteiger partial charge in [0.25, 0.3) is 5.91 Å². The molecule has 0 saturated heterocycles. The molecule has 0 spiro atoms. The summed E-state index contributed by atoms with van der Waals surface area (Å²) in [5.41, 5.74) is 1.72. The van der Waals surface area contributed by atoms with Crippen molar-refractivity contribution in [1.82, 2.24) is 10.3 Å². The number of nitrogens with one attached hydrogen (secondary N) is 1. The molecule has 0 aliphatic carbocycles. The van der Waals surface area contributed by atoms with Crippen molar-refractivity contribution in [3.63, 3.8) is 0 Å². The molecule has 0 bridgehead atoms. The molecule has 0 aliphatic heterocycles. The molecule has 2 N–H and O–H groups in total. The summed E-state index contributed by atoms with van der Waals surface area (Å²) in [7, 11) is 1.34. The van der Waals surface area contributed by atoms with Crippen LogP contribution < -0.4 is 10.1 Å². The lowest BCUT2D eigenvalue weighted by atomic mass is 9.94. The van der Waals surface area contributed by atoms with E-state index in [1.54, 1.807) is 30.3 Å². The third kappa shape index (κ3) is 4.96. The highest BCUT2D eigenvalue weighted by Crippen LogP contribution is 2.37. The van der Waals surface area contributed by atoms with Crippen LogP contribution in [0, 0.1) is 11.6 Å². The molecule has 3 aromatic carbocycles. The predicted octanol–water partition coefficient (Wildman–Crippen LogP) is 5.92. The first-order valence-electron chi connectivity index (χ1n) is 10.6. The van der Waals surface area contributed by atoms with Gasteiger partial charge in [-0.25, -0.2) is 13.6 Å². The maximum absolute atomic E-state index is 14.1. The molecule has 0 fully saturated rings. The number of hydrogen-bond acceptors (Lipinski definition) is 4. The lowest BCUT2D eigenvalue weighted by Crippen LogP contribution is -2.42. The molecule has 4 rings (SSSR count). The number of fused-ring (bicyclic) bond motifs is 1. The molecule has 4 aromatic rings. The van der Waals surface area contributed by atoms with Gasteiger partial charge in [0, 0.05) is 29.6 Å². The number of carbonyl (C=O) groups excluding carboxylic acids is 1. The fourth-order valence-electron chi connectivity index (χ4n) is 3.90. The normalized spacial score (nSPS) is 11.8. The van der Waals surface area contributed by atoms with Gasteiger partial charge in [0.1, 0.15) is 11.8 Å². The Kier molecular flexibility index (Phi) is 7.37. The molecule has 1 aromatic heterocycles. The minimum atomic E-state index is -1.33. The Hall–Kier alpha value is -3.75. The number of rotatable bonds is 7. The number of pyridine rings is 1. The lowest BCUT2D eigenvalue weighted by Gasteiger charge is -2.18. The van der Waals surface area contributed by atoms with Crippen LogP contribution in [-0.2, 0) is 11.2 Å². The SMILES string of the molecule is COc1cc(F)c(F)cc1-c1ccc(C[C@H](NC(=O)c2c(Cl)cccc2Cl)C(=O)O)c2ncccc12. The minimum absolute atomic E-state index is 0.0316. The molecule has 0 saturated carbocycles. The summed E-state index contributed by atoms with van der Waals surface area (Å²) in [4.78, 5) is 29.2. The summed E-state index contributed by atoms with van der Waals surface area (Å²) in [6, 6.07) is 11.8. The van der Waals surface area contributed by atoms with Crippen molar-refractivity contribution in [2.45, 2.75) is 12.5 Å². The van der Waals surface area contributed by atoms with Gasteiger partial charge in [0.2, 0.25) is 0 Å². The summed E-state index contributed by atoms with van der Waals surface area (Å²) in [5, 5.41) is 13.0. The van der Waals surface area contributed by atoms with Gasteiger partial charge in [-0.05, 0) is 35.4 Å². The molecule has 1 amide bonds. The van der Waals surface area contributed by atoms with E-state index in [-0.39, 0.29) is 27.8 Å². The largest absolute Gasteiger partial charge is 0.496 e. The van der Waals surface area contributed by atoms with Crippen LogP contribution in [0.4, 0.5) is 8.78 Å².